The molecule has 2 aromatic rings. The van der Waals surface area contributed by atoms with Gasteiger partial charge in [0.15, 0.2) is 11.6 Å². The highest BCUT2D eigenvalue weighted by Crippen LogP contribution is 2.33. The summed E-state index contributed by atoms with van der Waals surface area (Å²) in [5.41, 5.74) is 1.61. The highest BCUT2D eigenvalue weighted by molar-refractivity contribution is 6.30. The zero-order valence-corrected chi connectivity index (χ0v) is 18.6. The molecule has 32 heavy (non-hydrogen) atoms. The van der Waals surface area contributed by atoms with E-state index in [1.165, 1.54) is 19.2 Å². The molecule has 2 N–H and O–H groups in total. The second-order valence-corrected chi connectivity index (χ2v) is 8.95. The van der Waals surface area contributed by atoms with Gasteiger partial charge in [-0.3, -0.25) is 9.69 Å². The van der Waals surface area contributed by atoms with Gasteiger partial charge in [0.25, 0.3) is 0 Å². The van der Waals surface area contributed by atoms with Crippen LogP contribution in [0.5, 0.6) is 0 Å². The largest absolute Gasteiger partial charge is 0.359 e. The fourth-order valence-electron chi connectivity index (χ4n) is 4.82. The van der Waals surface area contributed by atoms with Crippen molar-refractivity contribution in [3.8, 4) is 0 Å². The molecule has 8 nitrogen and oxygen atoms in total. The molecule has 0 radical (unpaired) electrons. The molecular formula is C22H27ClFN7O. The zero-order valence-electron chi connectivity index (χ0n) is 17.9. The van der Waals surface area contributed by atoms with Crippen molar-refractivity contribution in [2.24, 2.45) is 0 Å². The van der Waals surface area contributed by atoms with Gasteiger partial charge < -0.3 is 20.4 Å². The Morgan fingerprint density at radius 1 is 1.09 bits per heavy atom. The molecule has 0 spiro atoms. The number of piperazine rings is 1. The van der Waals surface area contributed by atoms with Crippen LogP contribution in [0.2, 0.25) is 5.02 Å². The van der Waals surface area contributed by atoms with Crippen molar-refractivity contribution >= 4 is 34.8 Å². The van der Waals surface area contributed by atoms with E-state index in [0.29, 0.717) is 11.5 Å². The quantitative estimate of drug-likeness (QED) is 0.711. The minimum Gasteiger partial charge on any atom is -0.359 e. The molecule has 0 saturated carbocycles. The fourth-order valence-corrected chi connectivity index (χ4v) is 4.94. The molecule has 1 atom stereocenters. The van der Waals surface area contributed by atoms with Crippen LogP contribution in [0.25, 0.3) is 0 Å². The summed E-state index contributed by atoms with van der Waals surface area (Å²) in [6.07, 6.45) is 3.96. The highest BCUT2D eigenvalue weighted by Gasteiger charge is 2.30. The van der Waals surface area contributed by atoms with Crippen molar-refractivity contribution in [3.05, 3.63) is 40.9 Å². The summed E-state index contributed by atoms with van der Waals surface area (Å²) in [6.45, 7) is 6.40. The summed E-state index contributed by atoms with van der Waals surface area (Å²) in [4.78, 5) is 27.6. The Labute approximate surface area is 191 Å². The summed E-state index contributed by atoms with van der Waals surface area (Å²) in [5.74, 6) is 0.928. The molecule has 1 aromatic carbocycles. The van der Waals surface area contributed by atoms with Gasteiger partial charge in [-0.15, -0.1) is 0 Å². The average Bonchev–Trinajstić information content (AvgIpc) is 3.32. The second kappa shape index (κ2) is 9.17. The predicted octanol–water partition coefficient (Wildman–Crippen LogP) is 2.59. The van der Waals surface area contributed by atoms with Gasteiger partial charge in [-0.25, -0.2) is 14.4 Å². The number of hydrogen-bond acceptors (Lipinski definition) is 7. The monoisotopic (exact) mass is 459 g/mol. The normalized spacial score (nSPS) is 20.6. The van der Waals surface area contributed by atoms with Crippen LogP contribution in [0.15, 0.2) is 24.5 Å². The first-order chi connectivity index (χ1) is 15.6. The number of rotatable bonds is 5. The van der Waals surface area contributed by atoms with Gasteiger partial charge in [0, 0.05) is 38.8 Å². The fraction of sp³-hybridized carbons (Fsp3) is 0.500. The minimum atomic E-state index is -0.370. The van der Waals surface area contributed by atoms with Gasteiger partial charge in [-0.1, -0.05) is 17.7 Å². The van der Waals surface area contributed by atoms with Gasteiger partial charge in [0.2, 0.25) is 5.91 Å². The van der Waals surface area contributed by atoms with E-state index in [-0.39, 0.29) is 29.3 Å². The Morgan fingerprint density at radius 3 is 2.62 bits per heavy atom. The van der Waals surface area contributed by atoms with Crippen LogP contribution in [0, 0.1) is 5.82 Å². The predicted molar refractivity (Wildman–Crippen MR) is 123 cm³/mol. The summed E-state index contributed by atoms with van der Waals surface area (Å²) < 4.78 is 14.3. The van der Waals surface area contributed by atoms with E-state index < -0.39 is 0 Å². The van der Waals surface area contributed by atoms with E-state index in [1.807, 2.05) is 6.07 Å². The van der Waals surface area contributed by atoms with Crippen molar-refractivity contribution in [2.75, 3.05) is 67.9 Å². The SMILES string of the molecule is O=C1CNc2ncnc(N3CCN(C(CN4CCCC4)c4ccc(Cl)c(F)c4)CC3)c2N1. The van der Waals surface area contributed by atoms with Crippen LogP contribution in [-0.2, 0) is 4.79 Å². The van der Waals surface area contributed by atoms with Gasteiger partial charge in [0.05, 0.1) is 11.6 Å². The average molecular weight is 460 g/mol. The summed E-state index contributed by atoms with van der Waals surface area (Å²) in [5, 5.41) is 6.10. The number of nitrogens with zero attached hydrogens (tertiary/aromatic N) is 5. The number of carbonyl (C=O) groups is 1. The number of carbonyl (C=O) groups excluding carboxylic acids is 1. The second-order valence-electron chi connectivity index (χ2n) is 8.54. The molecule has 5 rings (SSSR count). The van der Waals surface area contributed by atoms with Gasteiger partial charge >= 0.3 is 0 Å². The number of fused-ring (bicyclic) bond motifs is 1. The molecule has 2 fully saturated rings. The Balaban J connectivity index is 1.33. The maximum atomic E-state index is 14.3. The number of nitrogens with one attached hydrogen (secondary N) is 2. The number of likely N-dealkylation sites (tertiary alicyclic amines) is 1. The van der Waals surface area contributed by atoms with Crippen LogP contribution in [0.4, 0.5) is 21.7 Å². The summed E-state index contributed by atoms with van der Waals surface area (Å²) in [6, 6.07) is 5.28. The lowest BCUT2D eigenvalue weighted by molar-refractivity contribution is -0.114. The highest BCUT2D eigenvalue weighted by atomic mass is 35.5. The minimum absolute atomic E-state index is 0.0948. The standard InChI is InChI=1S/C22H27ClFN7O/c23-16-4-3-15(11-17(16)24)18(13-29-5-1-2-6-29)30-7-9-31(10-8-30)22-20-21(26-14-27-22)25-12-19(32)28-20/h3-4,11,14,18H,1-2,5-10,12-13H2,(H,28,32)(H,25,26,27). The molecule has 3 aliphatic heterocycles. The van der Waals surface area contributed by atoms with E-state index in [9.17, 15) is 9.18 Å². The first-order valence-electron chi connectivity index (χ1n) is 11.1. The number of aromatic nitrogens is 2. The summed E-state index contributed by atoms with van der Waals surface area (Å²) >= 11 is 5.94. The Kier molecular flexibility index (Phi) is 6.12. The third kappa shape index (κ3) is 4.37. The topological polar surface area (TPSA) is 76.6 Å². The van der Waals surface area contributed by atoms with Crippen LogP contribution < -0.4 is 15.5 Å². The molecule has 10 heteroatoms. The Morgan fingerprint density at radius 2 is 1.88 bits per heavy atom. The van der Waals surface area contributed by atoms with E-state index in [4.69, 9.17) is 11.6 Å². The lowest BCUT2D eigenvalue weighted by Gasteiger charge is -2.41. The van der Waals surface area contributed by atoms with E-state index >= 15 is 0 Å². The van der Waals surface area contributed by atoms with E-state index in [2.05, 4.69) is 35.3 Å². The molecule has 0 aliphatic carbocycles. The maximum absolute atomic E-state index is 14.3. The van der Waals surface area contributed by atoms with Crippen LogP contribution in [-0.4, -0.2) is 78.0 Å². The molecule has 3 aliphatic rings. The molecule has 2 saturated heterocycles. The molecule has 4 heterocycles. The van der Waals surface area contributed by atoms with Crippen molar-refractivity contribution in [1.82, 2.24) is 19.8 Å². The van der Waals surface area contributed by atoms with E-state index in [1.54, 1.807) is 12.1 Å². The third-order valence-corrected chi connectivity index (χ3v) is 6.83. The molecule has 1 aromatic heterocycles. The smallest absolute Gasteiger partial charge is 0.243 e. The first kappa shape index (κ1) is 21.4. The maximum Gasteiger partial charge on any atom is 0.243 e. The number of amides is 1. The lowest BCUT2D eigenvalue weighted by Crippen LogP contribution is -2.50. The van der Waals surface area contributed by atoms with Crippen molar-refractivity contribution in [1.29, 1.82) is 0 Å². The number of hydrogen-bond donors (Lipinski definition) is 2. The number of anilines is 3. The Hall–Kier alpha value is -2.49. The molecular weight excluding hydrogens is 433 g/mol. The van der Waals surface area contributed by atoms with Gasteiger partial charge in [-0.2, -0.15) is 0 Å². The molecule has 1 unspecified atom stereocenters. The zero-order chi connectivity index (χ0) is 22.1. The van der Waals surface area contributed by atoms with Crippen LogP contribution in [0.3, 0.4) is 0 Å². The molecule has 0 bridgehead atoms. The number of benzene rings is 1. The van der Waals surface area contributed by atoms with Crippen LogP contribution in [0.1, 0.15) is 24.4 Å². The van der Waals surface area contributed by atoms with Crippen LogP contribution >= 0.6 is 11.6 Å². The Bertz CT molecular complexity index is 992. The molecule has 1 amide bonds. The van der Waals surface area contributed by atoms with Crippen molar-refractivity contribution in [2.45, 2.75) is 18.9 Å². The number of halogens is 2. The van der Waals surface area contributed by atoms with Crippen molar-refractivity contribution < 1.29 is 9.18 Å². The third-order valence-electron chi connectivity index (χ3n) is 6.52. The summed E-state index contributed by atoms with van der Waals surface area (Å²) in [7, 11) is 0. The first-order valence-corrected chi connectivity index (χ1v) is 11.5. The lowest BCUT2D eigenvalue weighted by atomic mass is 10.0. The van der Waals surface area contributed by atoms with E-state index in [0.717, 1.165) is 57.2 Å². The van der Waals surface area contributed by atoms with Crippen molar-refractivity contribution in [3.63, 3.8) is 0 Å². The van der Waals surface area contributed by atoms with Gasteiger partial charge in [-0.05, 0) is 43.6 Å². The van der Waals surface area contributed by atoms with Gasteiger partial charge in [0.1, 0.15) is 17.8 Å². The molecule has 170 valence electrons.